The molecule has 2 rings (SSSR count). The van der Waals surface area contributed by atoms with E-state index < -0.39 is 0 Å². The van der Waals surface area contributed by atoms with Crippen molar-refractivity contribution in [1.82, 2.24) is 0 Å². The van der Waals surface area contributed by atoms with E-state index in [-0.39, 0.29) is 6.04 Å². The molecule has 0 saturated heterocycles. The minimum absolute atomic E-state index is 0.143. The van der Waals surface area contributed by atoms with Crippen LogP contribution in [0.1, 0.15) is 22.7 Å². The first-order valence-corrected chi connectivity index (χ1v) is 7.05. The van der Waals surface area contributed by atoms with Gasteiger partial charge in [-0.2, -0.15) is 0 Å². The maximum atomic E-state index is 6.22. The molecule has 0 heterocycles. The number of hydrogen-bond acceptors (Lipinski definition) is 1. The summed E-state index contributed by atoms with van der Waals surface area (Å²) in [5.74, 6) is 0. The fraction of sp³-hybridized carbons (Fsp3) is 0.200. The number of benzene rings is 2. The Morgan fingerprint density at radius 1 is 1.00 bits per heavy atom. The van der Waals surface area contributed by atoms with Gasteiger partial charge in [0.25, 0.3) is 0 Å². The first-order chi connectivity index (χ1) is 8.95. The fourth-order valence-electron chi connectivity index (χ4n) is 2.02. The topological polar surface area (TPSA) is 26.0 Å². The normalized spacial score (nSPS) is 12.5. The molecule has 19 heavy (non-hydrogen) atoms. The molecule has 0 aliphatic rings. The number of hydrogen-bond donors (Lipinski definition) is 1. The molecule has 0 aromatic heterocycles. The largest absolute Gasteiger partial charge is 0.324 e. The van der Waals surface area contributed by atoms with Crippen molar-refractivity contribution in [3.8, 4) is 0 Å². The Bertz CT molecular complexity index is 576. The molecule has 2 aromatic rings. The molecule has 100 valence electrons. The van der Waals surface area contributed by atoms with Crippen molar-refractivity contribution < 1.29 is 0 Å². The molecule has 0 bridgehead atoms. The molecular weight excluding hydrogens is 301 g/mol. The first-order valence-electron chi connectivity index (χ1n) is 5.92. The highest BCUT2D eigenvalue weighted by atomic mass is 35.5. The number of nitrogens with two attached hydrogens (primary N) is 1. The highest BCUT2D eigenvalue weighted by Gasteiger charge is 2.11. The Balaban J connectivity index is 2.22. The maximum Gasteiger partial charge on any atom is 0.0453 e. The van der Waals surface area contributed by atoms with Crippen molar-refractivity contribution in [3.63, 3.8) is 0 Å². The van der Waals surface area contributed by atoms with E-state index >= 15 is 0 Å². The van der Waals surface area contributed by atoms with Crippen LogP contribution in [-0.4, -0.2) is 0 Å². The number of rotatable bonds is 3. The van der Waals surface area contributed by atoms with Crippen LogP contribution in [0.4, 0.5) is 0 Å². The van der Waals surface area contributed by atoms with Gasteiger partial charge >= 0.3 is 0 Å². The minimum atomic E-state index is -0.143. The van der Waals surface area contributed by atoms with Gasteiger partial charge in [-0.3, -0.25) is 0 Å². The zero-order valence-corrected chi connectivity index (χ0v) is 12.7. The number of aryl methyl sites for hydroxylation is 1. The van der Waals surface area contributed by atoms with E-state index in [1.54, 1.807) is 6.07 Å². The van der Waals surface area contributed by atoms with Gasteiger partial charge < -0.3 is 5.73 Å². The molecule has 0 radical (unpaired) electrons. The smallest absolute Gasteiger partial charge is 0.0453 e. The molecule has 2 N–H and O–H groups in total. The van der Waals surface area contributed by atoms with Crippen LogP contribution in [0.5, 0.6) is 0 Å². The van der Waals surface area contributed by atoms with E-state index in [2.05, 4.69) is 0 Å². The van der Waals surface area contributed by atoms with Crippen LogP contribution < -0.4 is 5.73 Å². The van der Waals surface area contributed by atoms with Crippen LogP contribution >= 0.6 is 34.8 Å². The van der Waals surface area contributed by atoms with Gasteiger partial charge in [0.1, 0.15) is 0 Å². The van der Waals surface area contributed by atoms with Gasteiger partial charge in [0, 0.05) is 21.1 Å². The van der Waals surface area contributed by atoms with E-state index in [0.717, 1.165) is 16.7 Å². The zero-order chi connectivity index (χ0) is 14.0. The molecule has 0 amide bonds. The fourth-order valence-corrected chi connectivity index (χ4v) is 2.80. The third-order valence-corrected chi connectivity index (χ3v) is 3.75. The second kappa shape index (κ2) is 6.15. The molecular formula is C15H14Cl3N. The Labute approximate surface area is 128 Å². The summed E-state index contributed by atoms with van der Waals surface area (Å²) in [6.07, 6.45) is 0.649. The molecule has 0 fully saturated rings. The molecule has 0 aliphatic heterocycles. The highest BCUT2D eigenvalue weighted by molar-refractivity contribution is 6.35. The van der Waals surface area contributed by atoms with E-state index in [0.29, 0.717) is 21.5 Å². The first kappa shape index (κ1) is 14.7. The monoisotopic (exact) mass is 313 g/mol. The lowest BCUT2D eigenvalue weighted by molar-refractivity contribution is 0.721. The molecule has 0 aliphatic carbocycles. The summed E-state index contributed by atoms with van der Waals surface area (Å²) in [4.78, 5) is 0. The van der Waals surface area contributed by atoms with Crippen molar-refractivity contribution in [2.45, 2.75) is 19.4 Å². The van der Waals surface area contributed by atoms with Crippen LogP contribution in [0.25, 0.3) is 0 Å². The van der Waals surface area contributed by atoms with Crippen molar-refractivity contribution in [2.24, 2.45) is 5.73 Å². The molecule has 0 saturated carbocycles. The summed E-state index contributed by atoms with van der Waals surface area (Å²) < 4.78 is 0. The third kappa shape index (κ3) is 3.87. The highest BCUT2D eigenvalue weighted by Crippen LogP contribution is 2.26. The Morgan fingerprint density at radius 2 is 1.74 bits per heavy atom. The van der Waals surface area contributed by atoms with Crippen molar-refractivity contribution >= 4 is 34.8 Å². The summed E-state index contributed by atoms with van der Waals surface area (Å²) in [6, 6.07) is 11.2. The van der Waals surface area contributed by atoms with Gasteiger partial charge in [-0.25, -0.2) is 0 Å². The molecule has 1 atom stereocenters. The Hall–Kier alpha value is -0.730. The lowest BCUT2D eigenvalue weighted by atomic mass is 9.98. The SMILES string of the molecule is Cc1cc(Cl)cc(C(N)Cc2ccc(Cl)cc2Cl)c1. The van der Waals surface area contributed by atoms with Gasteiger partial charge in [0.15, 0.2) is 0 Å². The average Bonchev–Trinajstić information content (AvgIpc) is 2.31. The second-order valence-corrected chi connectivity index (χ2v) is 5.89. The lowest BCUT2D eigenvalue weighted by Crippen LogP contribution is -2.13. The summed E-state index contributed by atoms with van der Waals surface area (Å²) in [6.45, 7) is 2.00. The van der Waals surface area contributed by atoms with E-state index in [4.69, 9.17) is 40.5 Å². The van der Waals surface area contributed by atoms with Crippen LogP contribution in [0.15, 0.2) is 36.4 Å². The van der Waals surface area contributed by atoms with Crippen molar-refractivity contribution in [1.29, 1.82) is 0 Å². The average molecular weight is 315 g/mol. The predicted molar refractivity (Wildman–Crippen MR) is 83.3 cm³/mol. The van der Waals surface area contributed by atoms with Crippen molar-refractivity contribution in [2.75, 3.05) is 0 Å². The van der Waals surface area contributed by atoms with E-state index in [1.165, 1.54) is 0 Å². The quantitative estimate of drug-likeness (QED) is 0.828. The van der Waals surface area contributed by atoms with Crippen molar-refractivity contribution in [3.05, 3.63) is 68.2 Å². The van der Waals surface area contributed by atoms with Gasteiger partial charge in [-0.1, -0.05) is 46.9 Å². The van der Waals surface area contributed by atoms with Gasteiger partial charge in [0.05, 0.1) is 0 Å². The Kier molecular flexibility index (Phi) is 4.75. The van der Waals surface area contributed by atoms with Crippen LogP contribution in [0.3, 0.4) is 0 Å². The summed E-state index contributed by atoms with van der Waals surface area (Å²) in [5.41, 5.74) is 9.31. The number of halogens is 3. The molecule has 4 heteroatoms. The zero-order valence-electron chi connectivity index (χ0n) is 10.5. The van der Waals surface area contributed by atoms with Crippen LogP contribution in [-0.2, 0) is 6.42 Å². The van der Waals surface area contributed by atoms with Gasteiger partial charge in [-0.05, 0) is 54.3 Å². The molecule has 0 spiro atoms. The molecule has 1 nitrogen and oxygen atoms in total. The minimum Gasteiger partial charge on any atom is -0.324 e. The van der Waals surface area contributed by atoms with E-state index in [9.17, 15) is 0 Å². The maximum absolute atomic E-state index is 6.22. The molecule has 1 unspecified atom stereocenters. The van der Waals surface area contributed by atoms with E-state index in [1.807, 2.05) is 37.3 Å². The standard InChI is InChI=1S/C15H14Cl3N/c1-9-4-11(6-13(17)5-9)15(19)7-10-2-3-12(16)8-14(10)18/h2-6,8,15H,7,19H2,1H3. The second-order valence-electron chi connectivity index (χ2n) is 4.61. The predicted octanol–water partition coefficient (Wildman–Crippen LogP) is 5.20. The summed E-state index contributed by atoms with van der Waals surface area (Å²) >= 11 is 18.1. The summed E-state index contributed by atoms with van der Waals surface area (Å²) in [7, 11) is 0. The molecule has 2 aromatic carbocycles. The van der Waals surface area contributed by atoms with Crippen LogP contribution in [0, 0.1) is 6.92 Å². The lowest BCUT2D eigenvalue weighted by Gasteiger charge is -2.14. The van der Waals surface area contributed by atoms with Gasteiger partial charge in [-0.15, -0.1) is 0 Å². The summed E-state index contributed by atoms with van der Waals surface area (Å²) in [5, 5.41) is 1.97. The van der Waals surface area contributed by atoms with Gasteiger partial charge in [0.2, 0.25) is 0 Å². The Morgan fingerprint density at radius 3 is 2.37 bits per heavy atom. The van der Waals surface area contributed by atoms with Crippen LogP contribution in [0.2, 0.25) is 15.1 Å². The third-order valence-electron chi connectivity index (χ3n) is 2.95.